The van der Waals surface area contributed by atoms with Crippen molar-refractivity contribution in [1.82, 2.24) is 0 Å². The van der Waals surface area contributed by atoms with Crippen LogP contribution in [0.5, 0.6) is 0 Å². The van der Waals surface area contributed by atoms with E-state index in [2.05, 4.69) is 12.7 Å². The number of hydrogen-bond acceptors (Lipinski definition) is 3. The lowest BCUT2D eigenvalue weighted by Gasteiger charge is -2.15. The SMILES string of the molecule is CCCCCC[C@@H](O)[C@@H]([NH3+])C(=O)[O-]. The Morgan fingerprint density at radius 2 is 2.08 bits per heavy atom. The molecule has 0 amide bonds. The zero-order valence-corrected chi connectivity index (χ0v) is 8.16. The number of carboxylic acids is 1. The van der Waals surface area contributed by atoms with Gasteiger partial charge in [-0.1, -0.05) is 32.6 Å². The van der Waals surface area contributed by atoms with E-state index in [1.54, 1.807) is 0 Å². The van der Waals surface area contributed by atoms with Gasteiger partial charge >= 0.3 is 0 Å². The van der Waals surface area contributed by atoms with Crippen LogP contribution in [0.15, 0.2) is 0 Å². The molecule has 0 spiro atoms. The second-order valence-corrected chi connectivity index (χ2v) is 3.34. The Bertz CT molecular complexity index is 150. The predicted molar refractivity (Wildman–Crippen MR) is 46.4 cm³/mol. The number of rotatable bonds is 7. The quantitative estimate of drug-likeness (QED) is 0.487. The summed E-state index contributed by atoms with van der Waals surface area (Å²) < 4.78 is 0. The van der Waals surface area contributed by atoms with Crippen molar-refractivity contribution in [2.45, 2.75) is 51.2 Å². The summed E-state index contributed by atoms with van der Waals surface area (Å²) in [5, 5.41) is 19.6. The highest BCUT2D eigenvalue weighted by atomic mass is 16.4. The van der Waals surface area contributed by atoms with Crippen LogP contribution in [-0.4, -0.2) is 23.2 Å². The third-order valence-electron chi connectivity index (χ3n) is 2.12. The fourth-order valence-electron chi connectivity index (χ4n) is 1.14. The molecule has 4 N–H and O–H groups in total. The molecule has 2 atom stereocenters. The van der Waals surface area contributed by atoms with Crippen LogP contribution in [0.25, 0.3) is 0 Å². The van der Waals surface area contributed by atoms with Gasteiger partial charge in [-0.3, -0.25) is 0 Å². The van der Waals surface area contributed by atoms with Crippen molar-refractivity contribution in [2.24, 2.45) is 0 Å². The third-order valence-corrected chi connectivity index (χ3v) is 2.12. The van der Waals surface area contributed by atoms with Gasteiger partial charge in [-0.15, -0.1) is 0 Å². The van der Waals surface area contributed by atoms with Crippen LogP contribution in [-0.2, 0) is 4.79 Å². The summed E-state index contributed by atoms with van der Waals surface area (Å²) in [5.41, 5.74) is 3.32. The molecule has 0 heterocycles. The summed E-state index contributed by atoms with van der Waals surface area (Å²) in [6.07, 6.45) is 3.79. The topological polar surface area (TPSA) is 88.0 Å². The van der Waals surface area contributed by atoms with E-state index in [1.807, 2.05) is 0 Å². The fraction of sp³-hybridized carbons (Fsp3) is 0.889. The molecule has 0 radical (unpaired) electrons. The Labute approximate surface area is 78.7 Å². The molecule has 0 bridgehead atoms. The zero-order chi connectivity index (χ0) is 10.3. The Morgan fingerprint density at radius 1 is 1.46 bits per heavy atom. The summed E-state index contributed by atoms with van der Waals surface area (Å²) in [7, 11) is 0. The standard InChI is InChI=1S/C9H19NO3/c1-2-3-4-5-6-7(11)8(10)9(12)13/h7-8,11H,2-6,10H2,1H3,(H,12,13)/t7-,8-/m1/s1. The van der Waals surface area contributed by atoms with E-state index in [9.17, 15) is 15.0 Å². The molecular weight excluding hydrogens is 170 g/mol. The number of aliphatic carboxylic acids is 1. The summed E-state index contributed by atoms with van der Waals surface area (Å²) in [5.74, 6) is -1.28. The minimum Gasteiger partial charge on any atom is -0.544 e. The van der Waals surface area contributed by atoms with Crippen LogP contribution >= 0.6 is 0 Å². The maximum absolute atomic E-state index is 10.3. The molecule has 0 aliphatic rings. The molecule has 13 heavy (non-hydrogen) atoms. The molecule has 0 saturated carbocycles. The Hall–Kier alpha value is -0.610. The number of quaternary nitrogens is 1. The van der Waals surface area contributed by atoms with E-state index in [4.69, 9.17) is 0 Å². The van der Waals surface area contributed by atoms with Crippen LogP contribution in [0.2, 0.25) is 0 Å². The van der Waals surface area contributed by atoms with Gasteiger partial charge in [-0.05, 0) is 6.42 Å². The van der Waals surface area contributed by atoms with Crippen molar-refractivity contribution in [3.05, 3.63) is 0 Å². The normalized spacial score (nSPS) is 15.3. The molecule has 4 heteroatoms. The smallest absolute Gasteiger partial charge is 0.151 e. The lowest BCUT2D eigenvalue weighted by molar-refractivity contribution is -0.451. The highest BCUT2D eigenvalue weighted by Gasteiger charge is 2.18. The molecule has 0 fully saturated rings. The molecule has 0 saturated heterocycles. The highest BCUT2D eigenvalue weighted by Crippen LogP contribution is 2.06. The number of carbonyl (C=O) groups is 1. The van der Waals surface area contributed by atoms with E-state index in [1.165, 1.54) is 0 Å². The molecule has 0 aliphatic heterocycles. The van der Waals surface area contributed by atoms with Crippen LogP contribution < -0.4 is 10.8 Å². The van der Waals surface area contributed by atoms with Crippen molar-refractivity contribution < 1.29 is 20.7 Å². The molecule has 0 aliphatic carbocycles. The van der Waals surface area contributed by atoms with E-state index in [0.29, 0.717) is 6.42 Å². The molecule has 0 aromatic carbocycles. The van der Waals surface area contributed by atoms with Gasteiger partial charge in [0.2, 0.25) is 0 Å². The second-order valence-electron chi connectivity index (χ2n) is 3.34. The number of aliphatic hydroxyl groups is 1. The van der Waals surface area contributed by atoms with Gasteiger partial charge in [0, 0.05) is 0 Å². The van der Waals surface area contributed by atoms with Crippen molar-refractivity contribution in [1.29, 1.82) is 0 Å². The first-order chi connectivity index (χ1) is 6.09. The minimum absolute atomic E-state index is 0.502. The van der Waals surface area contributed by atoms with Gasteiger partial charge in [-0.2, -0.15) is 0 Å². The third kappa shape index (κ3) is 5.60. The van der Waals surface area contributed by atoms with Crippen LogP contribution in [0, 0.1) is 0 Å². The van der Waals surface area contributed by atoms with Crippen LogP contribution in [0.4, 0.5) is 0 Å². The molecule has 0 aromatic rings. The van der Waals surface area contributed by atoms with E-state index < -0.39 is 18.1 Å². The van der Waals surface area contributed by atoms with Crippen molar-refractivity contribution in [2.75, 3.05) is 0 Å². The van der Waals surface area contributed by atoms with Crippen molar-refractivity contribution >= 4 is 5.97 Å². The molecule has 0 unspecified atom stereocenters. The average Bonchev–Trinajstić information content (AvgIpc) is 2.10. The largest absolute Gasteiger partial charge is 0.544 e. The van der Waals surface area contributed by atoms with Crippen LogP contribution in [0.1, 0.15) is 39.0 Å². The van der Waals surface area contributed by atoms with Crippen LogP contribution in [0.3, 0.4) is 0 Å². The lowest BCUT2D eigenvalue weighted by atomic mass is 10.0. The summed E-state index contributed by atoms with van der Waals surface area (Å²) in [6.45, 7) is 2.10. The van der Waals surface area contributed by atoms with Crippen molar-refractivity contribution in [3.63, 3.8) is 0 Å². The number of unbranched alkanes of at least 4 members (excludes halogenated alkanes) is 3. The Morgan fingerprint density at radius 3 is 2.54 bits per heavy atom. The van der Waals surface area contributed by atoms with Gasteiger partial charge in [0.15, 0.2) is 6.04 Å². The second kappa shape index (κ2) is 6.86. The van der Waals surface area contributed by atoms with Gasteiger partial charge in [-0.25, -0.2) is 0 Å². The fourth-order valence-corrected chi connectivity index (χ4v) is 1.14. The number of aliphatic hydroxyl groups excluding tert-OH is 1. The molecule has 0 rings (SSSR count). The molecule has 4 nitrogen and oxygen atoms in total. The van der Waals surface area contributed by atoms with Gasteiger partial charge in [0.25, 0.3) is 0 Å². The zero-order valence-electron chi connectivity index (χ0n) is 8.16. The predicted octanol–water partition coefficient (Wildman–Crippen LogP) is -1.32. The van der Waals surface area contributed by atoms with Gasteiger partial charge < -0.3 is 20.7 Å². The van der Waals surface area contributed by atoms with Gasteiger partial charge in [0.1, 0.15) is 12.1 Å². The summed E-state index contributed by atoms with van der Waals surface area (Å²) >= 11 is 0. The maximum atomic E-state index is 10.3. The van der Waals surface area contributed by atoms with E-state index in [0.717, 1.165) is 25.7 Å². The summed E-state index contributed by atoms with van der Waals surface area (Å²) in [6, 6.07) is -0.998. The summed E-state index contributed by atoms with van der Waals surface area (Å²) in [4.78, 5) is 10.3. The molecule has 0 aromatic heterocycles. The monoisotopic (exact) mass is 189 g/mol. The first-order valence-electron chi connectivity index (χ1n) is 4.81. The number of hydrogen-bond donors (Lipinski definition) is 2. The maximum Gasteiger partial charge on any atom is 0.151 e. The Balaban J connectivity index is 3.50. The number of carboxylic acid groups (broad SMARTS) is 1. The Kier molecular flexibility index (Phi) is 6.54. The minimum atomic E-state index is -1.28. The number of carbonyl (C=O) groups excluding carboxylic acids is 1. The average molecular weight is 189 g/mol. The van der Waals surface area contributed by atoms with E-state index in [-0.39, 0.29) is 0 Å². The lowest BCUT2D eigenvalue weighted by Crippen LogP contribution is -2.73. The van der Waals surface area contributed by atoms with Crippen molar-refractivity contribution in [3.8, 4) is 0 Å². The first kappa shape index (κ1) is 12.4. The molecular formula is C9H19NO3. The highest BCUT2D eigenvalue weighted by molar-refractivity contribution is 5.69. The molecule has 78 valence electrons. The van der Waals surface area contributed by atoms with E-state index >= 15 is 0 Å². The van der Waals surface area contributed by atoms with Gasteiger partial charge in [0.05, 0.1) is 0 Å². The first-order valence-corrected chi connectivity index (χ1v) is 4.81.